The molecule has 0 aromatic carbocycles. The number of nitrogens with one attached hydrogen (secondary N) is 1. The predicted octanol–water partition coefficient (Wildman–Crippen LogP) is 2.70. The largest absolute Gasteiger partial charge is 0.384 e. The number of hydrogen-bond acceptors (Lipinski definition) is 4. The zero-order valence-corrected chi connectivity index (χ0v) is 13.0. The lowest BCUT2D eigenvalue weighted by atomic mass is 9.99. The lowest BCUT2D eigenvalue weighted by Crippen LogP contribution is -2.34. The maximum atomic E-state index is 10.5. The Morgan fingerprint density at radius 2 is 2.24 bits per heavy atom. The molecule has 4 nitrogen and oxygen atoms in total. The van der Waals surface area contributed by atoms with E-state index in [1.54, 1.807) is 11.3 Å². The molecule has 3 aromatic rings. The summed E-state index contributed by atoms with van der Waals surface area (Å²) >= 11 is 1.60. The molecule has 3 aromatic heterocycles. The van der Waals surface area contributed by atoms with Gasteiger partial charge in [0.2, 0.25) is 0 Å². The van der Waals surface area contributed by atoms with Gasteiger partial charge in [-0.25, -0.2) is 4.98 Å². The molecule has 0 aliphatic heterocycles. The quantitative estimate of drug-likeness (QED) is 0.762. The minimum Gasteiger partial charge on any atom is -0.384 e. The summed E-state index contributed by atoms with van der Waals surface area (Å²) in [5.74, 6) is 0. The molecule has 0 amide bonds. The predicted molar refractivity (Wildman–Crippen MR) is 85.5 cm³/mol. The molecule has 0 saturated heterocycles. The van der Waals surface area contributed by atoms with Crippen LogP contribution in [0.5, 0.6) is 0 Å². The summed E-state index contributed by atoms with van der Waals surface area (Å²) in [4.78, 5) is 4.39. The highest BCUT2D eigenvalue weighted by Crippen LogP contribution is 2.22. The first-order valence-electron chi connectivity index (χ1n) is 6.95. The lowest BCUT2D eigenvalue weighted by Gasteiger charge is -2.22. The number of nitrogens with zero attached hydrogens (tertiary/aromatic N) is 2. The van der Waals surface area contributed by atoms with Gasteiger partial charge >= 0.3 is 0 Å². The van der Waals surface area contributed by atoms with Crippen molar-refractivity contribution < 1.29 is 5.11 Å². The number of rotatable bonds is 5. The molecular formula is C16H19N3OS. The number of aryl methyl sites for hydroxylation is 1. The summed E-state index contributed by atoms with van der Waals surface area (Å²) in [6, 6.07) is 6.03. The Morgan fingerprint density at radius 1 is 1.38 bits per heavy atom. The summed E-state index contributed by atoms with van der Waals surface area (Å²) in [6.07, 6.45) is 3.96. The zero-order valence-electron chi connectivity index (χ0n) is 12.2. The third-order valence-electron chi connectivity index (χ3n) is 3.65. The Bertz CT molecular complexity index is 731. The second-order valence-corrected chi connectivity index (χ2v) is 6.35. The fourth-order valence-electron chi connectivity index (χ4n) is 2.37. The first-order valence-corrected chi connectivity index (χ1v) is 7.89. The molecule has 3 rings (SSSR count). The Hall–Kier alpha value is -1.69. The third kappa shape index (κ3) is 3.00. The molecule has 1 atom stereocenters. The van der Waals surface area contributed by atoms with Gasteiger partial charge in [-0.05, 0) is 47.9 Å². The van der Waals surface area contributed by atoms with Crippen molar-refractivity contribution in [2.75, 3.05) is 6.54 Å². The van der Waals surface area contributed by atoms with E-state index in [2.05, 4.69) is 33.9 Å². The summed E-state index contributed by atoms with van der Waals surface area (Å²) in [6.45, 7) is 5.08. The highest BCUT2D eigenvalue weighted by atomic mass is 32.1. The number of aromatic nitrogens is 2. The van der Waals surface area contributed by atoms with Crippen LogP contribution < -0.4 is 5.32 Å². The molecule has 0 bridgehead atoms. The molecule has 0 aliphatic carbocycles. The smallest absolute Gasteiger partial charge is 0.136 e. The van der Waals surface area contributed by atoms with Crippen molar-refractivity contribution in [1.29, 1.82) is 0 Å². The van der Waals surface area contributed by atoms with Crippen molar-refractivity contribution in [3.63, 3.8) is 0 Å². The molecule has 0 saturated carbocycles. The molecule has 2 N–H and O–H groups in total. The van der Waals surface area contributed by atoms with Crippen molar-refractivity contribution in [2.45, 2.75) is 26.0 Å². The number of thiophene rings is 1. The molecule has 3 heterocycles. The van der Waals surface area contributed by atoms with Crippen LogP contribution in [0.4, 0.5) is 0 Å². The second-order valence-electron chi connectivity index (χ2n) is 5.57. The Morgan fingerprint density at radius 3 is 3.00 bits per heavy atom. The summed E-state index contributed by atoms with van der Waals surface area (Å²) in [7, 11) is 0. The van der Waals surface area contributed by atoms with Gasteiger partial charge in [-0.1, -0.05) is 6.07 Å². The summed E-state index contributed by atoms with van der Waals surface area (Å²) in [5.41, 5.74) is 3.34. The SMILES string of the molecule is Cc1ccc2ncc(CNCC(C)(O)c3ccsc3)n2c1. The molecule has 0 spiro atoms. The average Bonchev–Trinajstić information content (AvgIpc) is 3.08. The number of pyridine rings is 1. The second kappa shape index (κ2) is 5.60. The zero-order chi connectivity index (χ0) is 14.9. The van der Waals surface area contributed by atoms with E-state index in [1.807, 2.05) is 36.0 Å². The summed E-state index contributed by atoms with van der Waals surface area (Å²) in [5, 5.41) is 17.8. The van der Waals surface area contributed by atoms with Crippen molar-refractivity contribution in [3.8, 4) is 0 Å². The van der Waals surface area contributed by atoms with Gasteiger partial charge in [-0.15, -0.1) is 0 Å². The number of imidazole rings is 1. The van der Waals surface area contributed by atoms with Crippen LogP contribution >= 0.6 is 11.3 Å². The van der Waals surface area contributed by atoms with E-state index in [0.717, 1.165) is 16.9 Å². The van der Waals surface area contributed by atoms with Crippen LogP contribution in [0.3, 0.4) is 0 Å². The van der Waals surface area contributed by atoms with Gasteiger partial charge in [0.1, 0.15) is 5.65 Å². The monoisotopic (exact) mass is 301 g/mol. The maximum absolute atomic E-state index is 10.5. The standard InChI is InChI=1S/C16H19N3OS/c1-12-3-4-15-18-8-14(19(15)9-12)7-17-11-16(2,20)13-5-6-21-10-13/h3-6,8-10,17,20H,7,11H2,1-2H3. The molecule has 5 heteroatoms. The molecule has 110 valence electrons. The molecule has 0 aliphatic rings. The van der Waals surface area contributed by atoms with E-state index >= 15 is 0 Å². The van der Waals surface area contributed by atoms with Gasteiger partial charge in [-0.2, -0.15) is 11.3 Å². The third-order valence-corrected chi connectivity index (χ3v) is 4.33. The molecular weight excluding hydrogens is 282 g/mol. The van der Waals surface area contributed by atoms with E-state index < -0.39 is 5.60 Å². The van der Waals surface area contributed by atoms with E-state index in [-0.39, 0.29) is 0 Å². The first kappa shape index (κ1) is 14.3. The van der Waals surface area contributed by atoms with Crippen LogP contribution in [0.2, 0.25) is 0 Å². The van der Waals surface area contributed by atoms with E-state index in [4.69, 9.17) is 0 Å². The van der Waals surface area contributed by atoms with Gasteiger partial charge in [0.25, 0.3) is 0 Å². The minimum atomic E-state index is -0.851. The fourth-order valence-corrected chi connectivity index (χ4v) is 3.16. The minimum absolute atomic E-state index is 0.503. The van der Waals surface area contributed by atoms with Crippen molar-refractivity contribution in [2.24, 2.45) is 0 Å². The summed E-state index contributed by atoms with van der Waals surface area (Å²) < 4.78 is 2.08. The Balaban J connectivity index is 1.68. The van der Waals surface area contributed by atoms with Gasteiger partial charge in [0, 0.05) is 19.3 Å². The van der Waals surface area contributed by atoms with Gasteiger partial charge < -0.3 is 14.8 Å². The Labute approximate surface area is 128 Å². The van der Waals surface area contributed by atoms with Crippen LogP contribution in [0.1, 0.15) is 23.7 Å². The van der Waals surface area contributed by atoms with Gasteiger partial charge in [0.05, 0.1) is 17.5 Å². The van der Waals surface area contributed by atoms with Crippen LogP contribution in [0.25, 0.3) is 5.65 Å². The topological polar surface area (TPSA) is 49.6 Å². The molecule has 1 unspecified atom stereocenters. The Kier molecular flexibility index (Phi) is 3.80. The van der Waals surface area contributed by atoms with Crippen molar-refractivity contribution >= 4 is 17.0 Å². The highest BCUT2D eigenvalue weighted by molar-refractivity contribution is 7.08. The maximum Gasteiger partial charge on any atom is 0.136 e. The highest BCUT2D eigenvalue weighted by Gasteiger charge is 2.22. The fraction of sp³-hybridized carbons (Fsp3) is 0.312. The van der Waals surface area contributed by atoms with E-state index in [1.165, 1.54) is 5.56 Å². The molecule has 21 heavy (non-hydrogen) atoms. The number of aliphatic hydroxyl groups is 1. The van der Waals surface area contributed by atoms with Crippen LogP contribution in [-0.2, 0) is 12.1 Å². The molecule has 0 radical (unpaired) electrons. The van der Waals surface area contributed by atoms with Crippen molar-refractivity contribution in [1.82, 2.24) is 14.7 Å². The van der Waals surface area contributed by atoms with E-state index in [0.29, 0.717) is 13.1 Å². The molecule has 0 fully saturated rings. The van der Waals surface area contributed by atoms with Crippen LogP contribution in [-0.4, -0.2) is 21.0 Å². The van der Waals surface area contributed by atoms with Crippen LogP contribution in [0, 0.1) is 6.92 Å². The first-order chi connectivity index (χ1) is 10.1. The number of fused-ring (bicyclic) bond motifs is 1. The van der Waals surface area contributed by atoms with Gasteiger partial charge in [0.15, 0.2) is 0 Å². The average molecular weight is 301 g/mol. The van der Waals surface area contributed by atoms with Gasteiger partial charge in [-0.3, -0.25) is 0 Å². The van der Waals surface area contributed by atoms with Crippen molar-refractivity contribution in [3.05, 3.63) is 58.2 Å². The lowest BCUT2D eigenvalue weighted by molar-refractivity contribution is 0.0570. The normalized spacial score (nSPS) is 14.4. The van der Waals surface area contributed by atoms with Crippen LogP contribution in [0.15, 0.2) is 41.4 Å². The number of hydrogen-bond donors (Lipinski definition) is 2. The van der Waals surface area contributed by atoms with E-state index in [9.17, 15) is 5.11 Å².